The quantitative estimate of drug-likeness (QED) is 0.235. The van der Waals surface area contributed by atoms with Crippen LogP contribution >= 0.6 is 0 Å². The Bertz CT molecular complexity index is 1550. The van der Waals surface area contributed by atoms with E-state index in [2.05, 4.69) is 20.4 Å². The molecule has 3 aromatic heterocycles. The largest absolute Gasteiger partial charge is 0.494 e. The molecule has 1 N–H and O–H groups in total. The Labute approximate surface area is 244 Å². The zero-order chi connectivity index (χ0) is 30.3. The molecule has 4 rings (SSSR count). The molecule has 222 valence electrons. The van der Waals surface area contributed by atoms with Gasteiger partial charge in [0.25, 0.3) is 5.91 Å². The van der Waals surface area contributed by atoms with Gasteiger partial charge in [-0.2, -0.15) is 5.10 Å². The van der Waals surface area contributed by atoms with Gasteiger partial charge in [-0.1, -0.05) is 6.07 Å². The van der Waals surface area contributed by atoms with Crippen molar-refractivity contribution in [1.29, 1.82) is 0 Å². The van der Waals surface area contributed by atoms with Gasteiger partial charge in [-0.15, -0.1) is 0 Å². The fourth-order valence-corrected chi connectivity index (χ4v) is 4.29. The first-order chi connectivity index (χ1) is 20.1. The third-order valence-electron chi connectivity index (χ3n) is 6.40. The number of carbonyl (C=O) groups is 2. The van der Waals surface area contributed by atoms with Gasteiger partial charge >= 0.3 is 5.97 Å². The fourth-order valence-electron chi connectivity index (χ4n) is 4.29. The second-order valence-electron chi connectivity index (χ2n) is 10.7. The molecule has 0 spiro atoms. The number of hydrogen-bond donors (Lipinski definition) is 1. The van der Waals surface area contributed by atoms with Crippen molar-refractivity contribution < 1.29 is 28.2 Å². The molecule has 10 nitrogen and oxygen atoms in total. The first-order valence-electron chi connectivity index (χ1n) is 13.8. The fraction of sp³-hybridized carbons (Fsp3) is 0.387. The second-order valence-corrected chi connectivity index (χ2v) is 10.7. The first kappa shape index (κ1) is 30.6. The second kappa shape index (κ2) is 13.5. The van der Waals surface area contributed by atoms with Gasteiger partial charge in [0.15, 0.2) is 17.2 Å². The molecule has 11 heteroatoms. The SMILES string of the molecule is CCOC(=O)C[C@H](NC(=O)c1cn(CCc2ccc3cccnc3n2)nc1COC(C)(C)C)c1ccc(OC)c(F)c1. The van der Waals surface area contributed by atoms with Crippen LogP contribution in [0.3, 0.4) is 0 Å². The van der Waals surface area contributed by atoms with Crippen LogP contribution in [0.25, 0.3) is 11.0 Å². The van der Waals surface area contributed by atoms with Crippen LogP contribution in [-0.2, 0) is 33.8 Å². The monoisotopic (exact) mass is 577 g/mol. The van der Waals surface area contributed by atoms with E-state index in [1.807, 2.05) is 45.0 Å². The van der Waals surface area contributed by atoms with E-state index in [1.165, 1.54) is 19.2 Å². The maximum Gasteiger partial charge on any atom is 0.308 e. The summed E-state index contributed by atoms with van der Waals surface area (Å²) in [5.41, 5.74) is 2.16. The number of fused-ring (bicyclic) bond motifs is 1. The van der Waals surface area contributed by atoms with Crippen LogP contribution in [0.1, 0.15) is 67.5 Å². The average Bonchev–Trinajstić information content (AvgIpc) is 3.37. The highest BCUT2D eigenvalue weighted by Crippen LogP contribution is 2.25. The van der Waals surface area contributed by atoms with Gasteiger partial charge in [0, 0.05) is 36.4 Å². The van der Waals surface area contributed by atoms with Crippen LogP contribution in [0.2, 0.25) is 0 Å². The van der Waals surface area contributed by atoms with Gasteiger partial charge in [-0.05, 0) is 69.7 Å². The molecule has 0 bridgehead atoms. The number of amides is 1. The number of hydrogen-bond acceptors (Lipinski definition) is 8. The summed E-state index contributed by atoms with van der Waals surface area (Å²) < 4.78 is 32.3. The number of rotatable bonds is 12. The van der Waals surface area contributed by atoms with Crippen LogP contribution in [0.4, 0.5) is 4.39 Å². The minimum atomic E-state index is -0.856. The summed E-state index contributed by atoms with van der Waals surface area (Å²) in [5, 5.41) is 8.46. The molecule has 4 aromatic rings. The minimum absolute atomic E-state index is 0.0551. The molecule has 0 aliphatic rings. The Hall–Kier alpha value is -4.38. The number of aryl methyl sites for hydroxylation is 2. The predicted octanol–water partition coefficient (Wildman–Crippen LogP) is 4.96. The lowest BCUT2D eigenvalue weighted by molar-refractivity contribution is -0.143. The first-order valence-corrected chi connectivity index (χ1v) is 13.8. The molecule has 0 aliphatic heterocycles. The van der Waals surface area contributed by atoms with Gasteiger partial charge in [-0.3, -0.25) is 14.3 Å². The van der Waals surface area contributed by atoms with Gasteiger partial charge < -0.3 is 19.5 Å². The summed E-state index contributed by atoms with van der Waals surface area (Å²) in [7, 11) is 1.36. The van der Waals surface area contributed by atoms with Gasteiger partial charge in [-0.25, -0.2) is 14.4 Å². The maximum absolute atomic E-state index is 14.6. The van der Waals surface area contributed by atoms with Crippen molar-refractivity contribution in [3.05, 3.63) is 83.2 Å². The topological polar surface area (TPSA) is 117 Å². The molecular weight excluding hydrogens is 541 g/mol. The van der Waals surface area contributed by atoms with E-state index >= 15 is 0 Å². The Kier molecular flexibility index (Phi) is 9.84. The van der Waals surface area contributed by atoms with E-state index < -0.39 is 29.3 Å². The number of esters is 1. The Balaban J connectivity index is 1.58. The van der Waals surface area contributed by atoms with E-state index in [9.17, 15) is 14.0 Å². The lowest BCUT2D eigenvalue weighted by Crippen LogP contribution is -2.31. The molecule has 3 heterocycles. The van der Waals surface area contributed by atoms with E-state index in [4.69, 9.17) is 14.2 Å². The normalized spacial score (nSPS) is 12.2. The number of aromatic nitrogens is 4. The highest BCUT2D eigenvalue weighted by atomic mass is 19.1. The molecule has 0 radical (unpaired) electrons. The smallest absolute Gasteiger partial charge is 0.308 e. The number of methoxy groups -OCH3 is 1. The molecule has 1 amide bonds. The highest BCUT2D eigenvalue weighted by molar-refractivity contribution is 5.95. The van der Waals surface area contributed by atoms with Crippen molar-refractivity contribution in [2.45, 2.75) is 65.3 Å². The molecule has 0 saturated heterocycles. The van der Waals surface area contributed by atoms with Crippen molar-refractivity contribution in [3.8, 4) is 5.75 Å². The van der Waals surface area contributed by atoms with Crippen LogP contribution in [0, 0.1) is 5.82 Å². The maximum atomic E-state index is 14.6. The van der Waals surface area contributed by atoms with Gasteiger partial charge in [0.1, 0.15) is 5.69 Å². The van der Waals surface area contributed by atoms with Crippen molar-refractivity contribution in [2.24, 2.45) is 0 Å². The minimum Gasteiger partial charge on any atom is -0.494 e. The molecule has 0 aliphatic carbocycles. The summed E-state index contributed by atoms with van der Waals surface area (Å²) in [6, 6.07) is 11.2. The molecule has 42 heavy (non-hydrogen) atoms. The Morgan fingerprint density at radius 1 is 1.14 bits per heavy atom. The van der Waals surface area contributed by atoms with Crippen LogP contribution in [0.5, 0.6) is 5.75 Å². The van der Waals surface area contributed by atoms with Crippen molar-refractivity contribution in [2.75, 3.05) is 13.7 Å². The third-order valence-corrected chi connectivity index (χ3v) is 6.40. The Morgan fingerprint density at radius 3 is 2.67 bits per heavy atom. The van der Waals surface area contributed by atoms with E-state index in [0.717, 1.165) is 11.1 Å². The van der Waals surface area contributed by atoms with Crippen molar-refractivity contribution in [1.82, 2.24) is 25.1 Å². The predicted molar refractivity (Wildman–Crippen MR) is 154 cm³/mol. The zero-order valence-corrected chi connectivity index (χ0v) is 24.5. The average molecular weight is 578 g/mol. The van der Waals surface area contributed by atoms with Crippen LogP contribution in [0.15, 0.2) is 54.9 Å². The molecule has 1 aromatic carbocycles. The standard InChI is InChI=1S/C31H36FN5O5/c1-6-41-28(38)17-25(21-10-12-27(40-5)24(32)16-21)35-30(39)23-18-37(36-26(23)19-42-31(2,3)4)15-13-22-11-9-20-8-7-14-33-29(20)34-22/h7-12,14,16,18,25H,6,13,15,17,19H2,1-5H3,(H,35,39)/t25-/m0/s1. The lowest BCUT2D eigenvalue weighted by Gasteiger charge is -2.20. The third kappa shape index (κ3) is 8.10. The molecule has 0 unspecified atom stereocenters. The Morgan fingerprint density at radius 2 is 1.95 bits per heavy atom. The number of carbonyl (C=O) groups excluding carboxylic acids is 2. The van der Waals surface area contributed by atoms with Gasteiger partial charge in [0.05, 0.1) is 44.0 Å². The van der Waals surface area contributed by atoms with E-state index in [-0.39, 0.29) is 30.9 Å². The summed E-state index contributed by atoms with van der Waals surface area (Å²) in [6.07, 6.45) is 3.72. The van der Waals surface area contributed by atoms with Crippen molar-refractivity contribution in [3.63, 3.8) is 0 Å². The number of halogens is 1. The number of ether oxygens (including phenoxy) is 3. The lowest BCUT2D eigenvalue weighted by atomic mass is 10.0. The molecule has 0 saturated carbocycles. The molecular formula is C31H36FN5O5. The number of nitrogens with one attached hydrogen (secondary N) is 1. The number of benzene rings is 1. The summed E-state index contributed by atoms with van der Waals surface area (Å²) in [6.45, 7) is 8.16. The van der Waals surface area contributed by atoms with Gasteiger partial charge in [0.2, 0.25) is 0 Å². The molecule has 0 fully saturated rings. The van der Waals surface area contributed by atoms with Crippen LogP contribution < -0.4 is 10.1 Å². The number of nitrogens with zero attached hydrogens (tertiary/aromatic N) is 4. The summed E-state index contributed by atoms with van der Waals surface area (Å²) in [4.78, 5) is 35.0. The molecule has 1 atom stereocenters. The number of pyridine rings is 2. The van der Waals surface area contributed by atoms with E-state index in [1.54, 1.807) is 30.1 Å². The zero-order valence-electron chi connectivity index (χ0n) is 24.5. The highest BCUT2D eigenvalue weighted by Gasteiger charge is 2.25. The van der Waals surface area contributed by atoms with Crippen LogP contribution in [-0.4, -0.2) is 50.9 Å². The van der Waals surface area contributed by atoms with E-state index in [0.29, 0.717) is 29.9 Å². The summed E-state index contributed by atoms with van der Waals surface area (Å²) in [5.74, 6) is -1.56. The summed E-state index contributed by atoms with van der Waals surface area (Å²) >= 11 is 0. The van der Waals surface area contributed by atoms with Crippen molar-refractivity contribution >= 4 is 22.9 Å².